The fourth-order valence-electron chi connectivity index (χ4n) is 4.16. The number of hydrogen-bond donors (Lipinski definition) is 1. The molecule has 2 spiro atoms. The van der Waals surface area contributed by atoms with Crippen LogP contribution in [0, 0.1) is 5.41 Å². The number of allylic oxidation sites excluding steroid dienone is 4. The Kier molecular flexibility index (Phi) is 1.89. The number of hydrogen-bond acceptors (Lipinski definition) is 4. The summed E-state index contributed by atoms with van der Waals surface area (Å²) in [5.41, 5.74) is -0.455. The summed E-state index contributed by atoms with van der Waals surface area (Å²) in [5, 5.41) is 10.9. The zero-order chi connectivity index (χ0) is 12.4. The van der Waals surface area contributed by atoms with Crippen LogP contribution < -0.4 is 0 Å². The summed E-state index contributed by atoms with van der Waals surface area (Å²) in [5.74, 6) is -0.863. The fourth-order valence-corrected chi connectivity index (χ4v) is 4.16. The van der Waals surface area contributed by atoms with Crippen LogP contribution in [0.2, 0.25) is 0 Å². The minimum Gasteiger partial charge on any atom is -0.384 e. The van der Waals surface area contributed by atoms with Gasteiger partial charge >= 0.3 is 0 Å². The van der Waals surface area contributed by atoms with Gasteiger partial charge in [0.15, 0.2) is 11.6 Å². The molecule has 2 bridgehead atoms. The van der Waals surface area contributed by atoms with Crippen LogP contribution in [0.15, 0.2) is 23.8 Å². The first-order chi connectivity index (χ1) is 8.60. The van der Waals surface area contributed by atoms with Gasteiger partial charge in [0, 0.05) is 6.42 Å². The van der Waals surface area contributed by atoms with Crippen LogP contribution in [0.1, 0.15) is 25.7 Å². The lowest BCUT2D eigenvalue weighted by molar-refractivity contribution is -0.253. The van der Waals surface area contributed by atoms with Gasteiger partial charge in [-0.2, -0.15) is 0 Å². The first-order valence-corrected chi connectivity index (χ1v) is 6.53. The maximum Gasteiger partial charge on any atom is 0.198 e. The van der Waals surface area contributed by atoms with Gasteiger partial charge in [-0.05, 0) is 25.3 Å². The standard InChI is InChI=1S/C14H16O4/c15-11-3-1-2-10-4-5-13(16)8-12(10,11)9-14(13)17-6-7-18-14/h1-3,16H,4-9H2/t12-,13+/m1/s1. The van der Waals surface area contributed by atoms with Gasteiger partial charge in [0.1, 0.15) is 5.60 Å². The second-order valence-corrected chi connectivity index (χ2v) is 5.83. The third-order valence-electron chi connectivity index (χ3n) is 5.03. The minimum atomic E-state index is -1.01. The molecule has 4 rings (SSSR count). The van der Waals surface area contributed by atoms with E-state index in [1.807, 2.05) is 12.2 Å². The Morgan fingerprint density at radius 3 is 2.78 bits per heavy atom. The molecule has 0 aromatic rings. The summed E-state index contributed by atoms with van der Waals surface area (Å²) in [6.07, 6.45) is 7.72. The highest BCUT2D eigenvalue weighted by Gasteiger charge is 2.71. The molecule has 0 radical (unpaired) electrons. The van der Waals surface area contributed by atoms with Gasteiger partial charge in [-0.25, -0.2) is 0 Å². The van der Waals surface area contributed by atoms with E-state index in [4.69, 9.17) is 9.47 Å². The van der Waals surface area contributed by atoms with Crippen LogP contribution in [-0.2, 0) is 14.3 Å². The number of aliphatic hydroxyl groups is 1. The van der Waals surface area contributed by atoms with E-state index in [2.05, 4.69) is 0 Å². The van der Waals surface area contributed by atoms with E-state index in [0.29, 0.717) is 32.5 Å². The fraction of sp³-hybridized carbons (Fsp3) is 0.643. The zero-order valence-corrected chi connectivity index (χ0v) is 10.1. The highest BCUT2D eigenvalue weighted by atomic mass is 16.7. The van der Waals surface area contributed by atoms with Crippen LogP contribution in [0.25, 0.3) is 0 Å². The van der Waals surface area contributed by atoms with Crippen molar-refractivity contribution in [1.29, 1.82) is 0 Å². The lowest BCUT2D eigenvalue weighted by atomic mass is 9.66. The molecule has 96 valence electrons. The smallest absolute Gasteiger partial charge is 0.198 e. The number of rotatable bonds is 0. The summed E-state index contributed by atoms with van der Waals surface area (Å²) < 4.78 is 11.5. The summed E-state index contributed by atoms with van der Waals surface area (Å²) in [7, 11) is 0. The molecule has 1 aliphatic heterocycles. The second kappa shape index (κ2) is 3.13. The molecule has 3 fully saturated rings. The molecule has 0 aromatic carbocycles. The highest BCUT2D eigenvalue weighted by molar-refractivity contribution is 5.99. The third kappa shape index (κ3) is 1.05. The van der Waals surface area contributed by atoms with Crippen molar-refractivity contribution in [3.05, 3.63) is 23.8 Å². The minimum absolute atomic E-state index is 0.0918. The van der Waals surface area contributed by atoms with Crippen LogP contribution in [0.3, 0.4) is 0 Å². The summed E-state index contributed by atoms with van der Waals surface area (Å²) in [6, 6.07) is 0. The SMILES string of the molecule is O=C1C=CC=C2CC[C@]3(O)C[C@]12CC31OCCO1. The molecule has 2 atom stereocenters. The van der Waals surface area contributed by atoms with E-state index < -0.39 is 16.8 Å². The van der Waals surface area contributed by atoms with E-state index in [1.165, 1.54) is 0 Å². The summed E-state index contributed by atoms with van der Waals surface area (Å²) >= 11 is 0. The molecule has 0 unspecified atom stereocenters. The van der Waals surface area contributed by atoms with Crippen LogP contribution in [-0.4, -0.2) is 35.5 Å². The van der Waals surface area contributed by atoms with Gasteiger partial charge in [-0.15, -0.1) is 0 Å². The summed E-state index contributed by atoms with van der Waals surface area (Å²) in [4.78, 5) is 12.3. The van der Waals surface area contributed by atoms with E-state index in [9.17, 15) is 9.90 Å². The monoisotopic (exact) mass is 248 g/mol. The van der Waals surface area contributed by atoms with Crippen molar-refractivity contribution in [3.8, 4) is 0 Å². The molecule has 1 N–H and O–H groups in total. The topological polar surface area (TPSA) is 55.8 Å². The van der Waals surface area contributed by atoms with Gasteiger partial charge in [-0.1, -0.05) is 17.7 Å². The first kappa shape index (κ1) is 10.9. The lowest BCUT2D eigenvalue weighted by Crippen LogP contribution is -2.51. The van der Waals surface area contributed by atoms with Crippen molar-refractivity contribution < 1.29 is 19.4 Å². The van der Waals surface area contributed by atoms with Crippen LogP contribution in [0.4, 0.5) is 0 Å². The number of ketones is 1. The highest BCUT2D eigenvalue weighted by Crippen LogP contribution is 2.64. The Bertz CT molecular complexity index is 486. The van der Waals surface area contributed by atoms with Crippen molar-refractivity contribution in [2.75, 3.05) is 13.2 Å². The predicted octanol–water partition coefficient (Wildman–Crippen LogP) is 1.10. The van der Waals surface area contributed by atoms with Crippen molar-refractivity contribution >= 4 is 5.78 Å². The van der Waals surface area contributed by atoms with Crippen molar-refractivity contribution in [2.45, 2.75) is 37.1 Å². The lowest BCUT2D eigenvalue weighted by Gasteiger charge is -2.40. The Hall–Kier alpha value is -0.970. The van der Waals surface area contributed by atoms with E-state index in [-0.39, 0.29) is 5.78 Å². The maximum atomic E-state index is 12.3. The van der Waals surface area contributed by atoms with Gasteiger partial charge in [0.2, 0.25) is 0 Å². The first-order valence-electron chi connectivity index (χ1n) is 6.53. The third-order valence-corrected chi connectivity index (χ3v) is 5.03. The van der Waals surface area contributed by atoms with Gasteiger partial charge in [0.25, 0.3) is 0 Å². The molecule has 0 amide bonds. The number of fused-ring (bicyclic) bond motifs is 2. The Morgan fingerprint density at radius 1 is 1.22 bits per heavy atom. The van der Waals surface area contributed by atoms with Crippen molar-refractivity contribution in [1.82, 2.24) is 0 Å². The normalized spacial score (nSPS) is 44.3. The molecular weight excluding hydrogens is 232 g/mol. The van der Waals surface area contributed by atoms with Crippen LogP contribution >= 0.6 is 0 Å². The Labute approximate surface area is 105 Å². The predicted molar refractivity (Wildman–Crippen MR) is 62.7 cm³/mol. The average Bonchev–Trinajstić information content (AvgIpc) is 2.87. The number of carbonyl (C=O) groups is 1. The summed E-state index contributed by atoms with van der Waals surface area (Å²) in [6.45, 7) is 1.00. The van der Waals surface area contributed by atoms with Gasteiger partial charge in [-0.3, -0.25) is 4.79 Å². The number of ether oxygens (including phenoxy) is 2. The van der Waals surface area contributed by atoms with Crippen molar-refractivity contribution in [2.24, 2.45) is 5.41 Å². The quantitative estimate of drug-likeness (QED) is 0.697. The second-order valence-electron chi connectivity index (χ2n) is 5.83. The van der Waals surface area contributed by atoms with E-state index in [0.717, 1.165) is 12.0 Å². The molecule has 4 nitrogen and oxygen atoms in total. The molecule has 2 saturated carbocycles. The van der Waals surface area contributed by atoms with Crippen molar-refractivity contribution in [3.63, 3.8) is 0 Å². The zero-order valence-electron chi connectivity index (χ0n) is 10.1. The largest absolute Gasteiger partial charge is 0.384 e. The van der Waals surface area contributed by atoms with Crippen LogP contribution in [0.5, 0.6) is 0 Å². The molecule has 18 heavy (non-hydrogen) atoms. The van der Waals surface area contributed by atoms with Gasteiger partial charge in [0.05, 0.1) is 18.6 Å². The Morgan fingerprint density at radius 2 is 2.00 bits per heavy atom. The Balaban J connectivity index is 1.86. The van der Waals surface area contributed by atoms with E-state index in [1.54, 1.807) is 6.08 Å². The maximum absolute atomic E-state index is 12.3. The molecular formula is C14H16O4. The van der Waals surface area contributed by atoms with Gasteiger partial charge < -0.3 is 14.6 Å². The molecule has 3 aliphatic carbocycles. The molecule has 4 heteroatoms. The molecule has 0 aromatic heterocycles. The average molecular weight is 248 g/mol. The molecule has 1 heterocycles. The molecule has 4 aliphatic rings. The molecule has 1 saturated heterocycles. The number of carbonyl (C=O) groups excluding carboxylic acids is 1. The van der Waals surface area contributed by atoms with E-state index >= 15 is 0 Å².